The number of halogens is 1. The van der Waals surface area contributed by atoms with E-state index in [1.807, 2.05) is 31.2 Å². The van der Waals surface area contributed by atoms with Crippen molar-refractivity contribution in [3.05, 3.63) is 57.3 Å². The van der Waals surface area contributed by atoms with Crippen LogP contribution in [0.5, 0.6) is 0 Å². The third kappa shape index (κ3) is 3.02. The van der Waals surface area contributed by atoms with Gasteiger partial charge in [0.2, 0.25) is 5.78 Å². The molecule has 0 radical (unpaired) electrons. The zero-order valence-electron chi connectivity index (χ0n) is 11.5. The van der Waals surface area contributed by atoms with Gasteiger partial charge in [0.05, 0.1) is 17.1 Å². The molecule has 3 rings (SSSR count). The minimum absolute atomic E-state index is 0.216. The highest BCUT2D eigenvalue weighted by Crippen LogP contribution is 2.17. The molecular formula is C14H10BrN5OS. The lowest BCUT2D eigenvalue weighted by atomic mass is 10.2. The summed E-state index contributed by atoms with van der Waals surface area (Å²) in [6, 6.07) is 7.63. The van der Waals surface area contributed by atoms with Gasteiger partial charge >= 0.3 is 0 Å². The van der Waals surface area contributed by atoms with E-state index in [1.54, 1.807) is 16.1 Å². The van der Waals surface area contributed by atoms with Crippen LogP contribution >= 0.6 is 27.5 Å². The first kappa shape index (κ1) is 14.7. The van der Waals surface area contributed by atoms with Gasteiger partial charge in [-0.2, -0.15) is 0 Å². The SMILES string of the molecule is Cc1c(C(=O)C=Cc2csnn2)nnn1-c1cccc(Br)c1. The average molecular weight is 376 g/mol. The van der Waals surface area contributed by atoms with Gasteiger partial charge in [-0.25, -0.2) is 4.68 Å². The Bertz CT molecular complexity index is 841. The number of hydrogen-bond donors (Lipinski definition) is 0. The third-order valence-corrected chi connectivity index (χ3v) is 3.98. The summed E-state index contributed by atoms with van der Waals surface area (Å²) in [6.45, 7) is 1.81. The second-order valence-electron chi connectivity index (χ2n) is 4.44. The van der Waals surface area contributed by atoms with Crippen molar-refractivity contribution in [3.8, 4) is 5.69 Å². The maximum atomic E-state index is 12.2. The summed E-state index contributed by atoms with van der Waals surface area (Å²) in [7, 11) is 0. The number of benzene rings is 1. The fourth-order valence-corrected chi connectivity index (χ4v) is 2.70. The summed E-state index contributed by atoms with van der Waals surface area (Å²) in [5.74, 6) is -0.216. The first-order valence-corrected chi connectivity index (χ1v) is 7.96. The first-order chi connectivity index (χ1) is 10.6. The molecule has 0 atom stereocenters. The monoisotopic (exact) mass is 375 g/mol. The zero-order valence-corrected chi connectivity index (χ0v) is 13.9. The molecule has 8 heteroatoms. The number of nitrogens with zero attached hydrogens (tertiary/aromatic N) is 5. The van der Waals surface area contributed by atoms with Crippen molar-refractivity contribution in [3.63, 3.8) is 0 Å². The molecule has 0 spiro atoms. The minimum Gasteiger partial charge on any atom is -0.287 e. The van der Waals surface area contributed by atoms with Gasteiger partial charge in [0.1, 0.15) is 0 Å². The molecule has 0 fully saturated rings. The van der Waals surface area contributed by atoms with Crippen LogP contribution in [-0.2, 0) is 0 Å². The maximum absolute atomic E-state index is 12.2. The molecule has 2 heterocycles. The maximum Gasteiger partial charge on any atom is 0.208 e. The van der Waals surface area contributed by atoms with E-state index in [1.165, 1.54) is 17.6 Å². The van der Waals surface area contributed by atoms with Crippen LogP contribution in [0.3, 0.4) is 0 Å². The van der Waals surface area contributed by atoms with Crippen LogP contribution in [0.1, 0.15) is 21.9 Å². The fourth-order valence-electron chi connectivity index (χ4n) is 1.89. The van der Waals surface area contributed by atoms with Crippen molar-refractivity contribution in [2.45, 2.75) is 6.92 Å². The average Bonchev–Trinajstić information content (AvgIpc) is 3.14. The molecule has 0 aliphatic heterocycles. The number of ketones is 1. The molecule has 0 unspecified atom stereocenters. The van der Waals surface area contributed by atoms with Crippen LogP contribution in [0.25, 0.3) is 11.8 Å². The lowest BCUT2D eigenvalue weighted by molar-refractivity contribution is 0.104. The van der Waals surface area contributed by atoms with E-state index in [9.17, 15) is 4.79 Å². The van der Waals surface area contributed by atoms with E-state index in [4.69, 9.17) is 0 Å². The van der Waals surface area contributed by atoms with Gasteiger partial charge in [-0.1, -0.05) is 31.7 Å². The number of rotatable bonds is 4. The quantitative estimate of drug-likeness (QED) is 0.517. The molecule has 2 aromatic heterocycles. The van der Waals surface area contributed by atoms with Crippen molar-refractivity contribution in [2.75, 3.05) is 0 Å². The smallest absolute Gasteiger partial charge is 0.208 e. The Labute approximate surface area is 138 Å². The van der Waals surface area contributed by atoms with Crippen molar-refractivity contribution in [2.24, 2.45) is 0 Å². The first-order valence-electron chi connectivity index (χ1n) is 6.33. The Hall–Kier alpha value is -2.19. The number of carbonyl (C=O) groups is 1. The van der Waals surface area contributed by atoms with E-state index >= 15 is 0 Å². The van der Waals surface area contributed by atoms with E-state index in [2.05, 4.69) is 35.8 Å². The predicted octanol–water partition coefficient (Wildman–Crippen LogP) is 3.09. The van der Waals surface area contributed by atoms with E-state index in [-0.39, 0.29) is 5.78 Å². The van der Waals surface area contributed by atoms with Crippen molar-refractivity contribution < 1.29 is 4.79 Å². The third-order valence-electron chi connectivity index (χ3n) is 2.96. The molecule has 110 valence electrons. The number of allylic oxidation sites excluding steroid dienone is 1. The van der Waals surface area contributed by atoms with Crippen LogP contribution < -0.4 is 0 Å². The second kappa shape index (κ2) is 6.29. The van der Waals surface area contributed by atoms with Crippen LogP contribution in [-0.4, -0.2) is 30.4 Å². The van der Waals surface area contributed by atoms with Crippen molar-refractivity contribution in [1.82, 2.24) is 24.6 Å². The molecule has 0 saturated carbocycles. The van der Waals surface area contributed by atoms with E-state index in [0.717, 1.165) is 10.2 Å². The number of hydrogen-bond acceptors (Lipinski definition) is 6. The van der Waals surface area contributed by atoms with Gasteiger partial charge in [0.25, 0.3) is 0 Å². The van der Waals surface area contributed by atoms with Gasteiger partial charge in [-0.3, -0.25) is 4.79 Å². The molecule has 3 aromatic rings. The molecule has 0 bridgehead atoms. The largest absolute Gasteiger partial charge is 0.287 e. The Balaban J connectivity index is 1.88. The molecule has 0 saturated heterocycles. The van der Waals surface area contributed by atoms with E-state index in [0.29, 0.717) is 17.1 Å². The van der Waals surface area contributed by atoms with Crippen LogP contribution in [0.2, 0.25) is 0 Å². The number of aromatic nitrogens is 5. The molecule has 1 aromatic carbocycles. The van der Waals surface area contributed by atoms with Gasteiger partial charge in [-0.15, -0.1) is 10.2 Å². The normalized spacial score (nSPS) is 11.2. The van der Waals surface area contributed by atoms with Crippen LogP contribution in [0.4, 0.5) is 0 Å². The molecule has 0 aliphatic rings. The summed E-state index contributed by atoms with van der Waals surface area (Å²) in [6.07, 6.45) is 3.04. The highest BCUT2D eigenvalue weighted by molar-refractivity contribution is 9.10. The zero-order chi connectivity index (χ0) is 15.5. The summed E-state index contributed by atoms with van der Waals surface area (Å²) >= 11 is 4.65. The second-order valence-corrected chi connectivity index (χ2v) is 5.97. The highest BCUT2D eigenvalue weighted by atomic mass is 79.9. The van der Waals surface area contributed by atoms with Crippen molar-refractivity contribution in [1.29, 1.82) is 0 Å². The summed E-state index contributed by atoms with van der Waals surface area (Å²) in [4.78, 5) is 12.2. The Morgan fingerprint density at radius 2 is 2.23 bits per heavy atom. The lowest BCUT2D eigenvalue weighted by Gasteiger charge is -2.03. The summed E-state index contributed by atoms with van der Waals surface area (Å²) in [5.41, 5.74) is 2.49. The fraction of sp³-hybridized carbons (Fsp3) is 0.0714. The highest BCUT2D eigenvalue weighted by Gasteiger charge is 2.15. The minimum atomic E-state index is -0.216. The molecule has 0 N–H and O–H groups in total. The van der Waals surface area contributed by atoms with Gasteiger partial charge in [0.15, 0.2) is 5.69 Å². The molecule has 6 nitrogen and oxygen atoms in total. The lowest BCUT2D eigenvalue weighted by Crippen LogP contribution is -2.01. The van der Waals surface area contributed by atoms with Gasteiger partial charge in [0, 0.05) is 9.85 Å². The Kier molecular flexibility index (Phi) is 4.21. The van der Waals surface area contributed by atoms with Crippen LogP contribution in [0, 0.1) is 6.92 Å². The van der Waals surface area contributed by atoms with Gasteiger partial charge in [-0.05, 0) is 48.8 Å². The van der Waals surface area contributed by atoms with Crippen LogP contribution in [0.15, 0.2) is 40.2 Å². The van der Waals surface area contributed by atoms with Crippen molar-refractivity contribution >= 4 is 39.3 Å². The molecule has 0 aliphatic carbocycles. The standard InChI is InChI=1S/C14H10BrN5OS/c1-9-14(13(21)6-5-11-8-22-19-16-11)17-18-20(9)12-4-2-3-10(15)7-12/h2-8H,1H3. The van der Waals surface area contributed by atoms with Gasteiger partial charge < -0.3 is 0 Å². The molecule has 22 heavy (non-hydrogen) atoms. The van der Waals surface area contributed by atoms with E-state index < -0.39 is 0 Å². The topological polar surface area (TPSA) is 73.6 Å². The molecular weight excluding hydrogens is 366 g/mol. The summed E-state index contributed by atoms with van der Waals surface area (Å²) < 4.78 is 6.30. The Morgan fingerprint density at radius 1 is 1.36 bits per heavy atom. The molecule has 0 amide bonds. The summed E-state index contributed by atoms with van der Waals surface area (Å²) in [5, 5.41) is 13.7. The predicted molar refractivity (Wildman–Crippen MR) is 87.1 cm³/mol. The Morgan fingerprint density at radius 3 is 2.95 bits per heavy atom. The number of carbonyl (C=O) groups excluding carboxylic acids is 1.